The highest BCUT2D eigenvalue weighted by atomic mass is 15.1. The highest BCUT2D eigenvalue weighted by Gasteiger charge is 2.55. The van der Waals surface area contributed by atoms with Gasteiger partial charge in [-0.2, -0.15) is 0 Å². The van der Waals surface area contributed by atoms with Gasteiger partial charge in [-0.15, -0.1) is 0 Å². The fraction of sp³-hybridized carbons (Fsp3) is 0.260. The van der Waals surface area contributed by atoms with E-state index in [2.05, 4.69) is 268 Å². The Hall–Kier alpha value is -7.36. The van der Waals surface area contributed by atoms with Gasteiger partial charge in [0.1, 0.15) is 0 Å². The van der Waals surface area contributed by atoms with Crippen LogP contribution in [0, 0.1) is 21.7 Å². The topological polar surface area (TPSA) is 9.86 Å². The van der Waals surface area contributed by atoms with Crippen LogP contribution in [0.5, 0.6) is 0 Å². The van der Waals surface area contributed by atoms with Crippen molar-refractivity contribution in [3.05, 3.63) is 209 Å². The molecule has 0 amide bonds. The molecular formula is C73H67BN2. The maximum Gasteiger partial charge on any atom is 0.253 e. The van der Waals surface area contributed by atoms with Crippen LogP contribution in [0.15, 0.2) is 176 Å². The molecule has 0 fully saturated rings. The smallest absolute Gasteiger partial charge is 0.253 e. The molecule has 0 bridgehead atoms. The molecule has 76 heavy (non-hydrogen) atoms. The minimum absolute atomic E-state index is 0.00964. The highest BCUT2D eigenvalue weighted by molar-refractivity contribution is 7.01. The molecule has 5 heterocycles. The molecule has 0 saturated carbocycles. The van der Waals surface area contributed by atoms with Gasteiger partial charge in [-0.1, -0.05) is 235 Å². The zero-order chi connectivity index (χ0) is 52.3. The van der Waals surface area contributed by atoms with E-state index in [0.717, 1.165) is 0 Å². The van der Waals surface area contributed by atoms with Crippen LogP contribution >= 0.6 is 0 Å². The van der Waals surface area contributed by atoms with E-state index in [-0.39, 0.29) is 40.2 Å². The molecule has 0 saturated heterocycles. The fourth-order valence-electron chi connectivity index (χ4n) is 17.5. The Labute approximate surface area is 449 Å². The lowest BCUT2D eigenvalue weighted by Gasteiger charge is -2.46. The summed E-state index contributed by atoms with van der Waals surface area (Å²) in [6.07, 6.45) is 0. The molecule has 0 atom stereocenters. The fourth-order valence-corrected chi connectivity index (χ4v) is 17.5. The Bertz CT molecular complexity index is 4250. The molecule has 11 aromatic rings. The van der Waals surface area contributed by atoms with E-state index in [0.29, 0.717) is 0 Å². The van der Waals surface area contributed by atoms with Crippen LogP contribution in [0.2, 0.25) is 0 Å². The molecule has 2 nitrogen and oxygen atoms in total. The number of hydrogen-bond acceptors (Lipinski definition) is 0. The van der Waals surface area contributed by atoms with E-state index in [1.807, 2.05) is 0 Å². The van der Waals surface area contributed by atoms with Crippen LogP contribution in [0.3, 0.4) is 0 Å². The van der Waals surface area contributed by atoms with Crippen molar-refractivity contribution >= 4 is 66.6 Å². The Morgan fingerprint density at radius 2 is 0.921 bits per heavy atom. The minimum atomic E-state index is -0.594. The summed E-state index contributed by atoms with van der Waals surface area (Å²) in [4.78, 5) is 0. The first-order valence-corrected chi connectivity index (χ1v) is 28.0. The number of fused-ring (bicyclic) bond motifs is 13. The van der Waals surface area contributed by atoms with Crippen molar-refractivity contribution in [1.29, 1.82) is 0 Å². The molecule has 2 aromatic heterocycles. The third-order valence-electron chi connectivity index (χ3n) is 18.6. The quantitative estimate of drug-likeness (QED) is 0.156. The molecule has 3 heteroatoms. The van der Waals surface area contributed by atoms with Crippen molar-refractivity contribution in [2.45, 2.75) is 100 Å². The summed E-state index contributed by atoms with van der Waals surface area (Å²) in [5, 5.41) is 6.69. The summed E-state index contributed by atoms with van der Waals surface area (Å²) in [5.41, 5.74) is 26.4. The molecule has 4 aliphatic rings. The standard InChI is InChI=1S/C73H67BN2/c1-69(2,3)67(70(4,5)6)45-38-50-51-39-46(68(71(7,8)9)72(10,11)12)41-57-64(51)76-63(50)56(40-45)73(53-33-23-21-31-48(53)49-32-22-24-34-54(49)73)55-35-36-58-61(66(55)76)74(57)60-47-30-20-19-29-44(47)37-52-59(42-25-15-13-16-26-42)62(75(58)65(52)60)43-27-17-14-18-28-43/h13-41,67-68H,1-12H3. The molecule has 0 unspecified atom stereocenters. The van der Waals surface area contributed by atoms with Crippen LogP contribution in [-0.2, 0) is 5.41 Å². The third-order valence-corrected chi connectivity index (χ3v) is 18.6. The van der Waals surface area contributed by atoms with Crippen LogP contribution < -0.4 is 16.4 Å². The summed E-state index contributed by atoms with van der Waals surface area (Å²) < 4.78 is 5.55. The van der Waals surface area contributed by atoms with Gasteiger partial charge in [-0.05, 0) is 141 Å². The largest absolute Gasteiger partial charge is 0.310 e. The van der Waals surface area contributed by atoms with E-state index in [1.165, 1.54) is 138 Å². The number of benzene rings is 9. The van der Waals surface area contributed by atoms with Gasteiger partial charge < -0.3 is 9.13 Å². The molecule has 9 aromatic carbocycles. The van der Waals surface area contributed by atoms with E-state index in [1.54, 1.807) is 0 Å². The lowest BCUT2D eigenvalue weighted by Crippen LogP contribution is -2.61. The summed E-state index contributed by atoms with van der Waals surface area (Å²) in [5.74, 6) is 0.539. The summed E-state index contributed by atoms with van der Waals surface area (Å²) in [7, 11) is 0. The van der Waals surface area contributed by atoms with Gasteiger partial charge in [0.15, 0.2) is 0 Å². The van der Waals surface area contributed by atoms with Crippen LogP contribution in [-0.4, -0.2) is 15.8 Å². The van der Waals surface area contributed by atoms with Crippen molar-refractivity contribution in [1.82, 2.24) is 9.13 Å². The lowest BCUT2D eigenvalue weighted by atomic mass is 9.33. The first-order chi connectivity index (χ1) is 36.3. The van der Waals surface area contributed by atoms with Gasteiger partial charge in [0, 0.05) is 38.6 Å². The number of rotatable bonds is 4. The molecule has 15 rings (SSSR count). The first kappa shape index (κ1) is 46.0. The van der Waals surface area contributed by atoms with E-state index >= 15 is 0 Å². The molecule has 1 spiro atoms. The van der Waals surface area contributed by atoms with E-state index in [4.69, 9.17) is 0 Å². The van der Waals surface area contributed by atoms with Gasteiger partial charge in [-0.3, -0.25) is 0 Å². The molecule has 3 aliphatic heterocycles. The zero-order valence-electron chi connectivity index (χ0n) is 46.4. The highest BCUT2D eigenvalue weighted by Crippen LogP contribution is 2.63. The Morgan fingerprint density at radius 3 is 1.53 bits per heavy atom. The number of hydrogen-bond donors (Lipinski definition) is 0. The maximum absolute atomic E-state index is 2.83. The second-order valence-corrected chi connectivity index (χ2v) is 27.5. The average molecular weight is 983 g/mol. The van der Waals surface area contributed by atoms with Crippen LogP contribution in [0.1, 0.15) is 128 Å². The first-order valence-electron chi connectivity index (χ1n) is 28.0. The normalized spacial score (nSPS) is 14.9. The third kappa shape index (κ3) is 5.79. The molecule has 0 N–H and O–H groups in total. The Kier molecular flexibility index (Phi) is 9.06. The van der Waals surface area contributed by atoms with Crippen molar-refractivity contribution in [3.63, 3.8) is 0 Å². The van der Waals surface area contributed by atoms with E-state index < -0.39 is 5.41 Å². The minimum Gasteiger partial charge on any atom is -0.310 e. The average Bonchev–Trinajstić information content (AvgIpc) is 4.11. The molecular weight excluding hydrogens is 916 g/mol. The predicted octanol–water partition coefficient (Wildman–Crippen LogP) is 17.4. The summed E-state index contributed by atoms with van der Waals surface area (Å²) in [6, 6.07) is 69.1. The summed E-state index contributed by atoms with van der Waals surface area (Å²) in [6.45, 7) is 29.6. The van der Waals surface area contributed by atoms with Gasteiger partial charge in [-0.25, -0.2) is 0 Å². The van der Waals surface area contributed by atoms with Crippen molar-refractivity contribution in [3.8, 4) is 44.9 Å². The van der Waals surface area contributed by atoms with Crippen molar-refractivity contribution < 1.29 is 0 Å². The number of nitrogens with zero attached hydrogens (tertiary/aromatic N) is 2. The Morgan fingerprint density at radius 1 is 0.395 bits per heavy atom. The van der Waals surface area contributed by atoms with Crippen molar-refractivity contribution in [2.24, 2.45) is 21.7 Å². The molecule has 1 aliphatic carbocycles. The van der Waals surface area contributed by atoms with Crippen LogP contribution in [0.4, 0.5) is 0 Å². The van der Waals surface area contributed by atoms with Gasteiger partial charge in [0.05, 0.1) is 22.1 Å². The summed E-state index contributed by atoms with van der Waals surface area (Å²) >= 11 is 0. The SMILES string of the molecule is CC(C)(C)C(c1cc2c3c(c1)c1cc(C(C(C)(C)C)C(C)(C)C)cc4c1n3-c1c(ccc3c1B2c1c2ccccc2cc2c(-c5ccccc5)c(-c5ccccc5)n-3c12)C41c2ccccc2-c2ccccc21)C(C)(C)C. The van der Waals surface area contributed by atoms with E-state index in [9.17, 15) is 0 Å². The molecule has 0 radical (unpaired) electrons. The van der Waals surface area contributed by atoms with Gasteiger partial charge in [0.2, 0.25) is 0 Å². The zero-order valence-corrected chi connectivity index (χ0v) is 46.4. The Balaban J connectivity index is 1.23. The number of aromatic nitrogens is 2. The maximum atomic E-state index is 2.83. The monoisotopic (exact) mass is 983 g/mol. The lowest BCUT2D eigenvalue weighted by molar-refractivity contribution is 0.176. The van der Waals surface area contributed by atoms with Gasteiger partial charge >= 0.3 is 0 Å². The second-order valence-electron chi connectivity index (χ2n) is 27.5. The van der Waals surface area contributed by atoms with Crippen LogP contribution in [0.25, 0.3) is 88.4 Å². The van der Waals surface area contributed by atoms with Gasteiger partial charge in [0.25, 0.3) is 6.71 Å². The van der Waals surface area contributed by atoms with Crippen molar-refractivity contribution in [2.75, 3.05) is 0 Å². The predicted molar refractivity (Wildman–Crippen MR) is 325 cm³/mol. The second kappa shape index (κ2) is 15.0. The molecule has 372 valence electrons.